The second-order valence-corrected chi connectivity index (χ2v) is 7.73. The molecule has 2 aromatic rings. The van der Waals surface area contributed by atoms with Crippen molar-refractivity contribution >= 4 is 5.91 Å². The van der Waals surface area contributed by atoms with Gasteiger partial charge in [0.05, 0.1) is 27.2 Å². The number of amides is 1. The molecule has 2 aliphatic carbocycles. The summed E-state index contributed by atoms with van der Waals surface area (Å²) in [6.45, 7) is 2.78. The average molecular weight is 369 g/mol. The summed E-state index contributed by atoms with van der Waals surface area (Å²) < 4.78 is 16.7. The molecule has 0 radical (unpaired) electrons. The Balaban J connectivity index is 1.47. The lowest BCUT2D eigenvalue weighted by molar-refractivity contribution is -0.132. The Kier molecular flexibility index (Phi) is 4.85. The summed E-state index contributed by atoms with van der Waals surface area (Å²) in [7, 11) is 3.25. The fourth-order valence-electron chi connectivity index (χ4n) is 3.66. The molecule has 5 nitrogen and oxygen atoms in total. The second kappa shape index (κ2) is 7.29. The summed E-state index contributed by atoms with van der Waals surface area (Å²) in [4.78, 5) is 15.0. The number of rotatable bonds is 8. The van der Waals surface area contributed by atoms with Crippen LogP contribution >= 0.6 is 0 Å². The maximum Gasteiger partial charge on any atom is 0.227 e. The van der Waals surface area contributed by atoms with E-state index in [9.17, 15) is 4.79 Å². The highest BCUT2D eigenvalue weighted by atomic mass is 16.5. The molecule has 0 N–H and O–H groups in total. The predicted molar refractivity (Wildman–Crippen MR) is 102 cm³/mol. The molecule has 0 bridgehead atoms. The minimum Gasteiger partial charge on any atom is -0.497 e. The third kappa shape index (κ3) is 3.97. The number of hydrogen-bond acceptors (Lipinski definition) is 4. The van der Waals surface area contributed by atoms with Crippen molar-refractivity contribution in [3.8, 4) is 11.5 Å². The van der Waals surface area contributed by atoms with Gasteiger partial charge in [-0.05, 0) is 55.5 Å². The molecule has 2 unspecified atom stereocenters. The first-order valence-electron chi connectivity index (χ1n) is 9.68. The Labute approximate surface area is 160 Å². The third-order valence-corrected chi connectivity index (χ3v) is 5.62. The Morgan fingerprint density at radius 2 is 1.96 bits per heavy atom. The largest absolute Gasteiger partial charge is 0.497 e. The van der Waals surface area contributed by atoms with Gasteiger partial charge in [0.2, 0.25) is 5.91 Å². The summed E-state index contributed by atoms with van der Waals surface area (Å²) in [5, 5.41) is 0. The van der Waals surface area contributed by atoms with E-state index in [1.54, 1.807) is 14.2 Å². The van der Waals surface area contributed by atoms with E-state index in [4.69, 9.17) is 13.9 Å². The van der Waals surface area contributed by atoms with E-state index in [1.807, 2.05) is 29.2 Å². The lowest BCUT2D eigenvalue weighted by atomic mass is 10.1. The molecule has 1 heterocycles. The molecule has 0 aliphatic heterocycles. The van der Waals surface area contributed by atoms with Gasteiger partial charge in [-0.3, -0.25) is 4.79 Å². The van der Waals surface area contributed by atoms with Crippen LogP contribution in [0.2, 0.25) is 0 Å². The van der Waals surface area contributed by atoms with Gasteiger partial charge >= 0.3 is 0 Å². The molecule has 0 saturated heterocycles. The van der Waals surface area contributed by atoms with Gasteiger partial charge in [-0.25, -0.2) is 0 Å². The number of carbonyl (C=O) groups is 1. The van der Waals surface area contributed by atoms with E-state index in [0.717, 1.165) is 35.7 Å². The zero-order valence-electron chi connectivity index (χ0n) is 16.2. The highest BCUT2D eigenvalue weighted by Crippen LogP contribution is 2.47. The van der Waals surface area contributed by atoms with Crippen molar-refractivity contribution < 1.29 is 18.7 Å². The number of nitrogens with zero attached hydrogens (tertiary/aromatic N) is 1. The first-order chi connectivity index (χ1) is 13.1. The fraction of sp³-hybridized carbons (Fsp3) is 0.500. The van der Waals surface area contributed by atoms with E-state index < -0.39 is 0 Å². The number of hydrogen-bond donors (Lipinski definition) is 0. The predicted octanol–water partition coefficient (Wildman–Crippen LogP) is 4.15. The van der Waals surface area contributed by atoms with Crippen molar-refractivity contribution in [1.29, 1.82) is 0 Å². The number of benzene rings is 1. The van der Waals surface area contributed by atoms with Crippen molar-refractivity contribution in [2.45, 2.75) is 51.1 Å². The molecule has 5 heteroatoms. The van der Waals surface area contributed by atoms with Crippen molar-refractivity contribution in [2.75, 3.05) is 14.2 Å². The van der Waals surface area contributed by atoms with Crippen LogP contribution in [0.1, 0.15) is 49.2 Å². The van der Waals surface area contributed by atoms with Crippen molar-refractivity contribution in [3.63, 3.8) is 0 Å². The highest BCUT2D eigenvalue weighted by Gasteiger charge is 2.37. The molecule has 2 atom stereocenters. The van der Waals surface area contributed by atoms with Crippen LogP contribution < -0.4 is 9.47 Å². The molecular formula is C22H27NO4. The Morgan fingerprint density at radius 3 is 2.59 bits per heavy atom. The lowest BCUT2D eigenvalue weighted by Gasteiger charge is -2.22. The molecule has 0 spiro atoms. The van der Waals surface area contributed by atoms with Crippen molar-refractivity contribution in [2.24, 2.45) is 5.92 Å². The lowest BCUT2D eigenvalue weighted by Crippen LogP contribution is -2.33. The third-order valence-electron chi connectivity index (χ3n) is 5.62. The van der Waals surface area contributed by atoms with E-state index in [-0.39, 0.29) is 5.91 Å². The molecule has 1 amide bonds. The van der Waals surface area contributed by atoms with Gasteiger partial charge in [0, 0.05) is 17.5 Å². The zero-order valence-corrected chi connectivity index (χ0v) is 16.2. The van der Waals surface area contributed by atoms with E-state index >= 15 is 0 Å². The average Bonchev–Trinajstić information content (AvgIpc) is 3.59. The number of furan rings is 1. The molecule has 2 saturated carbocycles. The summed E-state index contributed by atoms with van der Waals surface area (Å²) in [5.41, 5.74) is 0.847. The second-order valence-electron chi connectivity index (χ2n) is 7.73. The normalized spacial score (nSPS) is 21.0. The minimum absolute atomic E-state index is 0.0989. The van der Waals surface area contributed by atoms with Gasteiger partial charge in [0.25, 0.3) is 0 Å². The number of carbonyl (C=O) groups excluding carboxylic acids is 1. The molecule has 144 valence electrons. The molecule has 2 aliphatic rings. The monoisotopic (exact) mass is 369 g/mol. The standard InChI is InChI=1S/C22H27NO4/c1-14-10-19(14)21-9-7-18(27-21)13-23(16-4-5-16)22(24)12-15-11-17(25-2)6-8-20(15)26-3/h6-9,11,14,16,19H,4-5,10,12-13H2,1-3H3. The maximum atomic E-state index is 13.1. The van der Waals surface area contributed by atoms with Gasteiger partial charge in [0.15, 0.2) is 0 Å². The summed E-state index contributed by atoms with van der Waals surface area (Å²) in [6, 6.07) is 9.98. The topological polar surface area (TPSA) is 51.9 Å². The molecule has 1 aromatic heterocycles. The van der Waals surface area contributed by atoms with Crippen LogP contribution in [0.3, 0.4) is 0 Å². The van der Waals surface area contributed by atoms with Crippen molar-refractivity contribution in [3.05, 3.63) is 47.4 Å². The number of methoxy groups -OCH3 is 2. The van der Waals surface area contributed by atoms with Gasteiger partial charge in [-0.1, -0.05) is 6.92 Å². The summed E-state index contributed by atoms with van der Waals surface area (Å²) >= 11 is 0. The van der Waals surface area contributed by atoms with Crippen LogP contribution in [0.4, 0.5) is 0 Å². The van der Waals surface area contributed by atoms with Crippen LogP contribution in [0.25, 0.3) is 0 Å². The van der Waals surface area contributed by atoms with Crippen LogP contribution in [0, 0.1) is 5.92 Å². The van der Waals surface area contributed by atoms with Crippen molar-refractivity contribution in [1.82, 2.24) is 4.90 Å². The maximum absolute atomic E-state index is 13.1. The molecule has 4 rings (SSSR count). The van der Waals surface area contributed by atoms with E-state index in [2.05, 4.69) is 13.0 Å². The molecule has 27 heavy (non-hydrogen) atoms. The van der Waals surface area contributed by atoms with E-state index in [1.165, 1.54) is 6.42 Å². The SMILES string of the molecule is COc1ccc(OC)c(CC(=O)N(Cc2ccc(C3CC3C)o2)C2CC2)c1. The summed E-state index contributed by atoms with van der Waals surface area (Å²) in [6.07, 6.45) is 3.63. The van der Waals surface area contributed by atoms with Gasteiger partial charge in [-0.2, -0.15) is 0 Å². The summed E-state index contributed by atoms with van der Waals surface area (Å²) in [5.74, 6) is 4.75. The van der Waals surface area contributed by atoms with E-state index in [0.29, 0.717) is 36.6 Å². The molecule has 2 fully saturated rings. The van der Waals surface area contributed by atoms with Crippen LogP contribution in [-0.2, 0) is 17.8 Å². The first kappa shape index (κ1) is 18.0. The zero-order chi connectivity index (χ0) is 19.0. The van der Waals surface area contributed by atoms with Crippen LogP contribution in [0.5, 0.6) is 11.5 Å². The smallest absolute Gasteiger partial charge is 0.227 e. The highest BCUT2D eigenvalue weighted by molar-refractivity contribution is 5.80. The van der Waals surface area contributed by atoms with Gasteiger partial charge in [0.1, 0.15) is 23.0 Å². The Morgan fingerprint density at radius 1 is 1.19 bits per heavy atom. The molecular weight excluding hydrogens is 342 g/mol. The Hall–Kier alpha value is -2.43. The van der Waals surface area contributed by atoms with Crippen LogP contribution in [0.15, 0.2) is 34.7 Å². The minimum atomic E-state index is 0.0989. The first-order valence-corrected chi connectivity index (χ1v) is 9.68. The van der Waals surface area contributed by atoms with Crippen LogP contribution in [-0.4, -0.2) is 31.1 Å². The fourth-order valence-corrected chi connectivity index (χ4v) is 3.66. The quantitative estimate of drug-likeness (QED) is 0.701. The van der Waals surface area contributed by atoms with Gasteiger partial charge in [-0.15, -0.1) is 0 Å². The number of ether oxygens (including phenoxy) is 2. The Bertz CT molecular complexity index is 823. The van der Waals surface area contributed by atoms with Gasteiger partial charge < -0.3 is 18.8 Å². The molecule has 1 aromatic carbocycles.